The monoisotopic (exact) mass is 569 g/mol. The van der Waals surface area contributed by atoms with Crippen molar-refractivity contribution in [2.24, 2.45) is 0 Å². The lowest BCUT2D eigenvalue weighted by atomic mass is 9.69. The summed E-state index contributed by atoms with van der Waals surface area (Å²) in [5, 5.41) is 19.1. The van der Waals surface area contributed by atoms with Crippen molar-refractivity contribution < 1.29 is 9.90 Å². The topological polar surface area (TPSA) is 109 Å². The van der Waals surface area contributed by atoms with Crippen LogP contribution < -0.4 is 0 Å². The summed E-state index contributed by atoms with van der Waals surface area (Å²) in [7, 11) is 0. The fraction of sp³-hybridized carbons (Fsp3) is 0.235. The SMILES string of the molecule is CC(C)(C)N(C(=O)O)C1(c2ccc(-c3nc4ccc5nnc(-c6ccncc6)n5c4nc3-c3ccccc3)cc2)CCC1. The maximum Gasteiger partial charge on any atom is 0.408 e. The molecule has 0 unspecified atom stereocenters. The van der Waals surface area contributed by atoms with Gasteiger partial charge in [0.25, 0.3) is 0 Å². The normalized spacial score (nSPS) is 14.5. The molecule has 4 heterocycles. The lowest BCUT2D eigenvalue weighted by Crippen LogP contribution is -2.60. The summed E-state index contributed by atoms with van der Waals surface area (Å²) >= 11 is 0. The van der Waals surface area contributed by atoms with E-state index in [0.717, 1.165) is 52.9 Å². The first-order valence-corrected chi connectivity index (χ1v) is 14.4. The minimum Gasteiger partial charge on any atom is -0.465 e. The summed E-state index contributed by atoms with van der Waals surface area (Å²) in [6, 6.07) is 25.8. The highest BCUT2D eigenvalue weighted by molar-refractivity contribution is 5.87. The number of rotatable bonds is 5. The zero-order valence-electron chi connectivity index (χ0n) is 24.3. The van der Waals surface area contributed by atoms with Gasteiger partial charge in [0.1, 0.15) is 5.52 Å². The van der Waals surface area contributed by atoms with Crippen LogP contribution in [-0.2, 0) is 5.54 Å². The molecule has 0 spiro atoms. The summed E-state index contributed by atoms with van der Waals surface area (Å²) in [5.74, 6) is 0.668. The molecule has 43 heavy (non-hydrogen) atoms. The molecular formula is C34H31N7O2. The van der Waals surface area contributed by atoms with Crippen LogP contribution in [0.4, 0.5) is 4.79 Å². The summed E-state index contributed by atoms with van der Waals surface area (Å²) in [6.45, 7) is 5.87. The summed E-state index contributed by atoms with van der Waals surface area (Å²) < 4.78 is 1.93. The Morgan fingerprint density at radius 2 is 1.49 bits per heavy atom. The van der Waals surface area contributed by atoms with Gasteiger partial charge in [-0.05, 0) is 69.9 Å². The molecule has 6 aromatic rings. The van der Waals surface area contributed by atoms with Crippen LogP contribution in [0.25, 0.3) is 50.7 Å². The van der Waals surface area contributed by atoms with Crippen LogP contribution in [0.1, 0.15) is 45.6 Å². The highest BCUT2D eigenvalue weighted by atomic mass is 16.4. The van der Waals surface area contributed by atoms with E-state index < -0.39 is 17.2 Å². The average molecular weight is 570 g/mol. The molecule has 1 amide bonds. The second-order valence-electron chi connectivity index (χ2n) is 12.0. The first-order chi connectivity index (χ1) is 20.8. The van der Waals surface area contributed by atoms with Crippen LogP contribution in [0.15, 0.2) is 91.3 Å². The van der Waals surface area contributed by atoms with Gasteiger partial charge in [-0.1, -0.05) is 54.6 Å². The van der Waals surface area contributed by atoms with E-state index >= 15 is 0 Å². The van der Waals surface area contributed by atoms with Crippen LogP contribution in [0.5, 0.6) is 0 Å². The molecule has 0 bridgehead atoms. The van der Waals surface area contributed by atoms with E-state index in [4.69, 9.17) is 9.97 Å². The van der Waals surface area contributed by atoms with Gasteiger partial charge in [-0.2, -0.15) is 0 Å². The fourth-order valence-electron chi connectivity index (χ4n) is 6.37. The summed E-state index contributed by atoms with van der Waals surface area (Å²) in [5.41, 5.74) is 6.19. The standard InChI is InChI=1S/C34H31N7O2/c1-33(2,3)41(32(42)43)34(18-7-19-34)25-12-10-23(11-13-25)28-29(22-8-5-4-6-9-22)37-31-26(36-28)14-15-27-38-39-30(40(27)31)24-16-20-35-21-17-24/h4-6,8-17,20-21H,7,18-19H2,1-3H3,(H,42,43). The first kappa shape index (κ1) is 26.7. The number of amides is 1. The quantitative estimate of drug-likeness (QED) is 0.233. The third-order valence-corrected chi connectivity index (χ3v) is 8.35. The Kier molecular flexibility index (Phi) is 6.19. The molecule has 214 valence electrons. The van der Waals surface area contributed by atoms with Crippen molar-refractivity contribution in [2.45, 2.75) is 51.1 Å². The molecule has 2 aromatic carbocycles. The smallest absolute Gasteiger partial charge is 0.408 e. The fourth-order valence-corrected chi connectivity index (χ4v) is 6.37. The van der Waals surface area contributed by atoms with Crippen molar-refractivity contribution in [3.05, 3.63) is 96.8 Å². The van der Waals surface area contributed by atoms with Gasteiger partial charge in [-0.25, -0.2) is 14.8 Å². The van der Waals surface area contributed by atoms with Gasteiger partial charge < -0.3 is 5.11 Å². The predicted molar refractivity (Wildman–Crippen MR) is 165 cm³/mol. The molecule has 0 saturated heterocycles. The molecule has 9 nitrogen and oxygen atoms in total. The lowest BCUT2D eigenvalue weighted by molar-refractivity contribution is -0.0328. The second-order valence-corrected chi connectivity index (χ2v) is 12.0. The number of hydrogen-bond acceptors (Lipinski definition) is 6. The summed E-state index contributed by atoms with van der Waals surface area (Å²) in [4.78, 5) is 28.6. The summed E-state index contributed by atoms with van der Waals surface area (Å²) in [6.07, 6.45) is 5.17. The molecule has 1 fully saturated rings. The molecule has 1 saturated carbocycles. The highest BCUT2D eigenvalue weighted by Crippen LogP contribution is 2.49. The maximum atomic E-state index is 12.5. The predicted octanol–water partition coefficient (Wildman–Crippen LogP) is 7.23. The van der Waals surface area contributed by atoms with E-state index in [-0.39, 0.29) is 0 Å². The van der Waals surface area contributed by atoms with E-state index in [1.165, 1.54) is 0 Å². The molecule has 9 heteroatoms. The molecule has 4 aromatic heterocycles. The number of pyridine rings is 2. The zero-order chi connectivity index (χ0) is 29.8. The van der Waals surface area contributed by atoms with Crippen molar-refractivity contribution >= 4 is 22.9 Å². The molecular weight excluding hydrogens is 538 g/mol. The lowest BCUT2D eigenvalue weighted by Gasteiger charge is -2.54. The van der Waals surface area contributed by atoms with Crippen molar-refractivity contribution in [3.8, 4) is 33.9 Å². The van der Waals surface area contributed by atoms with Crippen molar-refractivity contribution in [1.82, 2.24) is 34.4 Å². The third kappa shape index (κ3) is 4.39. The molecule has 1 N–H and O–H groups in total. The maximum absolute atomic E-state index is 12.5. The Morgan fingerprint density at radius 3 is 2.12 bits per heavy atom. The molecule has 0 aliphatic heterocycles. The van der Waals surface area contributed by atoms with Gasteiger partial charge in [0.15, 0.2) is 17.1 Å². The molecule has 7 rings (SSSR count). The molecule has 1 aliphatic rings. The average Bonchev–Trinajstić information content (AvgIpc) is 3.43. The van der Waals surface area contributed by atoms with Gasteiger partial charge >= 0.3 is 6.09 Å². The Hall–Kier alpha value is -5.18. The zero-order valence-corrected chi connectivity index (χ0v) is 24.3. The van der Waals surface area contributed by atoms with Crippen LogP contribution in [0, 0.1) is 0 Å². The minimum atomic E-state index is -0.894. The van der Waals surface area contributed by atoms with Crippen molar-refractivity contribution in [1.29, 1.82) is 0 Å². The van der Waals surface area contributed by atoms with Gasteiger partial charge in [-0.15, -0.1) is 10.2 Å². The van der Waals surface area contributed by atoms with Crippen LogP contribution >= 0.6 is 0 Å². The number of carboxylic acid groups (broad SMARTS) is 1. The van der Waals surface area contributed by atoms with E-state index in [2.05, 4.69) is 27.3 Å². The number of nitrogens with zero attached hydrogens (tertiary/aromatic N) is 7. The van der Waals surface area contributed by atoms with Crippen LogP contribution in [-0.4, -0.2) is 51.2 Å². The molecule has 1 aliphatic carbocycles. The molecule has 0 radical (unpaired) electrons. The van der Waals surface area contributed by atoms with Crippen LogP contribution in [0.3, 0.4) is 0 Å². The number of carbonyl (C=O) groups is 1. The number of aromatic nitrogens is 6. The van der Waals surface area contributed by atoms with Gasteiger partial charge in [-0.3, -0.25) is 14.3 Å². The van der Waals surface area contributed by atoms with E-state index in [0.29, 0.717) is 22.6 Å². The van der Waals surface area contributed by atoms with Crippen molar-refractivity contribution in [3.63, 3.8) is 0 Å². The number of hydrogen-bond donors (Lipinski definition) is 1. The van der Waals surface area contributed by atoms with Crippen LogP contribution in [0.2, 0.25) is 0 Å². The second kappa shape index (κ2) is 9.97. The Morgan fingerprint density at radius 1 is 0.814 bits per heavy atom. The van der Waals surface area contributed by atoms with E-state index in [9.17, 15) is 9.90 Å². The van der Waals surface area contributed by atoms with E-state index in [1.54, 1.807) is 17.3 Å². The van der Waals surface area contributed by atoms with Gasteiger partial charge in [0, 0.05) is 34.6 Å². The third-order valence-electron chi connectivity index (χ3n) is 8.35. The Labute approximate surface area is 248 Å². The first-order valence-electron chi connectivity index (χ1n) is 14.4. The van der Waals surface area contributed by atoms with Crippen molar-refractivity contribution in [2.75, 3.05) is 0 Å². The number of benzene rings is 2. The Balaban J connectivity index is 1.40. The van der Waals surface area contributed by atoms with E-state index in [1.807, 2.05) is 91.9 Å². The molecule has 0 atom stereocenters. The minimum absolute atomic E-state index is 0.530. The number of fused-ring (bicyclic) bond motifs is 3. The highest BCUT2D eigenvalue weighted by Gasteiger charge is 2.50. The largest absolute Gasteiger partial charge is 0.465 e. The van der Waals surface area contributed by atoms with Gasteiger partial charge in [0.2, 0.25) is 0 Å². The Bertz CT molecular complexity index is 1960. The van der Waals surface area contributed by atoms with Gasteiger partial charge in [0.05, 0.1) is 16.9 Å².